The molecule has 1 aliphatic rings. The third kappa shape index (κ3) is 4.06. The number of halogens is 4. The highest BCUT2D eigenvalue weighted by Crippen LogP contribution is 2.42. The van der Waals surface area contributed by atoms with Crippen molar-refractivity contribution in [3.8, 4) is 16.4 Å². The lowest BCUT2D eigenvalue weighted by molar-refractivity contribution is -0.137. The third-order valence-electron chi connectivity index (χ3n) is 4.67. The number of hydrogen-bond acceptors (Lipinski definition) is 7. The maximum Gasteiger partial charge on any atom is 0.418 e. The summed E-state index contributed by atoms with van der Waals surface area (Å²) >= 11 is 8.70. The van der Waals surface area contributed by atoms with Gasteiger partial charge in [0, 0.05) is 11.1 Å². The molecule has 13 heteroatoms. The van der Waals surface area contributed by atoms with Crippen LogP contribution in [0.3, 0.4) is 0 Å². The van der Waals surface area contributed by atoms with E-state index in [1.807, 2.05) is 17.5 Å². The van der Waals surface area contributed by atoms with Crippen molar-refractivity contribution < 1.29 is 13.2 Å². The highest BCUT2D eigenvalue weighted by atomic mass is 35.5. The third-order valence-corrected chi connectivity index (χ3v) is 6.71. The molecule has 1 aliphatic carbocycles. The van der Waals surface area contributed by atoms with Crippen LogP contribution in [0.5, 0.6) is 0 Å². The Bertz CT molecular complexity index is 1220. The van der Waals surface area contributed by atoms with Gasteiger partial charge in [0.15, 0.2) is 16.8 Å². The molecule has 0 saturated heterocycles. The van der Waals surface area contributed by atoms with Crippen LogP contribution < -0.4 is 0 Å². The Hall–Kier alpha value is -2.44. The van der Waals surface area contributed by atoms with Crippen LogP contribution in [0.25, 0.3) is 16.4 Å². The molecule has 0 radical (unpaired) electrons. The minimum Gasteiger partial charge on any atom is -0.298 e. The van der Waals surface area contributed by atoms with Crippen molar-refractivity contribution in [2.45, 2.75) is 36.0 Å². The van der Waals surface area contributed by atoms with Gasteiger partial charge in [-0.25, -0.2) is 0 Å². The van der Waals surface area contributed by atoms with Crippen molar-refractivity contribution in [2.75, 3.05) is 0 Å². The van der Waals surface area contributed by atoms with Crippen LogP contribution in [-0.4, -0.2) is 35.0 Å². The number of rotatable bonds is 6. The molecule has 0 aliphatic heterocycles. The van der Waals surface area contributed by atoms with Gasteiger partial charge in [-0.2, -0.15) is 17.9 Å². The number of thioether (sulfide) groups is 1. The predicted octanol–water partition coefficient (Wildman–Crippen LogP) is 5.28. The van der Waals surface area contributed by atoms with Gasteiger partial charge in [0.2, 0.25) is 0 Å². The molecule has 1 aromatic carbocycles. The number of tetrazole rings is 1. The molecule has 160 valence electrons. The lowest BCUT2D eigenvalue weighted by Crippen LogP contribution is -2.13. The van der Waals surface area contributed by atoms with E-state index < -0.39 is 11.7 Å². The van der Waals surface area contributed by atoms with E-state index in [1.165, 1.54) is 23.9 Å². The molecule has 0 bridgehead atoms. The Kier molecular flexibility index (Phi) is 5.22. The summed E-state index contributed by atoms with van der Waals surface area (Å²) in [4.78, 5) is 1.02. The van der Waals surface area contributed by atoms with E-state index in [4.69, 9.17) is 11.6 Å². The van der Waals surface area contributed by atoms with Crippen LogP contribution in [0, 0.1) is 0 Å². The number of alkyl halides is 3. The Labute approximate surface area is 187 Å². The van der Waals surface area contributed by atoms with Crippen LogP contribution in [0.4, 0.5) is 13.2 Å². The zero-order chi connectivity index (χ0) is 21.6. The Balaban J connectivity index is 1.45. The average Bonchev–Trinajstić information content (AvgIpc) is 3.13. The van der Waals surface area contributed by atoms with E-state index in [-0.39, 0.29) is 22.3 Å². The summed E-state index contributed by atoms with van der Waals surface area (Å²) in [5.41, 5.74) is -1.08. The quantitative estimate of drug-likeness (QED) is 0.347. The second-order valence-corrected chi connectivity index (χ2v) is 9.17. The van der Waals surface area contributed by atoms with Crippen molar-refractivity contribution >= 4 is 34.7 Å². The summed E-state index contributed by atoms with van der Waals surface area (Å²) in [7, 11) is 0. The molecule has 0 atom stereocenters. The number of aromatic nitrogens is 7. The zero-order valence-corrected chi connectivity index (χ0v) is 18.0. The van der Waals surface area contributed by atoms with Crippen LogP contribution in [0.15, 0.2) is 40.9 Å². The van der Waals surface area contributed by atoms with Crippen molar-refractivity contribution in [1.29, 1.82) is 0 Å². The first kappa shape index (κ1) is 20.5. The molecule has 0 amide bonds. The lowest BCUT2D eigenvalue weighted by Gasteiger charge is -2.14. The number of nitrogens with zero attached hydrogens (tertiary/aromatic N) is 7. The highest BCUT2D eigenvalue weighted by molar-refractivity contribution is 7.98. The van der Waals surface area contributed by atoms with Gasteiger partial charge in [-0.15, -0.1) is 26.6 Å². The largest absolute Gasteiger partial charge is 0.418 e. The monoisotopic (exact) mass is 483 g/mol. The topological polar surface area (TPSA) is 74.3 Å². The molecule has 0 spiro atoms. The molecule has 3 aromatic heterocycles. The van der Waals surface area contributed by atoms with Gasteiger partial charge in [0.1, 0.15) is 0 Å². The maximum absolute atomic E-state index is 13.5. The van der Waals surface area contributed by atoms with Crippen molar-refractivity contribution in [3.05, 3.63) is 52.1 Å². The first-order chi connectivity index (χ1) is 14.9. The van der Waals surface area contributed by atoms with Gasteiger partial charge in [-0.1, -0.05) is 29.4 Å². The Morgan fingerprint density at radius 3 is 2.71 bits per heavy atom. The zero-order valence-electron chi connectivity index (χ0n) is 15.6. The second-order valence-electron chi connectivity index (χ2n) is 6.84. The lowest BCUT2D eigenvalue weighted by atomic mass is 10.1. The summed E-state index contributed by atoms with van der Waals surface area (Å²) in [6.45, 7) is 0. The minimum atomic E-state index is -4.60. The average molecular weight is 484 g/mol. The van der Waals surface area contributed by atoms with Crippen LogP contribution in [0.1, 0.15) is 30.3 Å². The second kappa shape index (κ2) is 7.92. The van der Waals surface area contributed by atoms with Gasteiger partial charge in [0.25, 0.3) is 0 Å². The van der Waals surface area contributed by atoms with Crippen LogP contribution in [-0.2, 0) is 11.9 Å². The highest BCUT2D eigenvalue weighted by Gasteiger charge is 2.35. The van der Waals surface area contributed by atoms with E-state index in [2.05, 4.69) is 30.3 Å². The molecule has 0 unspecified atom stereocenters. The smallest absolute Gasteiger partial charge is 0.298 e. The molecule has 7 nitrogen and oxygen atoms in total. The summed E-state index contributed by atoms with van der Waals surface area (Å²) < 4.78 is 43.7. The summed E-state index contributed by atoms with van der Waals surface area (Å²) in [6.07, 6.45) is -2.51. The molecule has 3 heterocycles. The molecule has 1 fully saturated rings. The van der Waals surface area contributed by atoms with Crippen molar-refractivity contribution in [1.82, 2.24) is 35.0 Å². The van der Waals surface area contributed by atoms with Crippen LogP contribution >= 0.6 is 34.7 Å². The summed E-state index contributed by atoms with van der Waals surface area (Å²) in [6, 6.07) is 7.78. The Morgan fingerprint density at radius 2 is 2.00 bits per heavy atom. The normalized spacial score (nSPS) is 14.3. The first-order valence-corrected chi connectivity index (χ1v) is 11.4. The fraction of sp³-hybridized carbons (Fsp3) is 0.278. The predicted molar refractivity (Wildman–Crippen MR) is 110 cm³/mol. The summed E-state index contributed by atoms with van der Waals surface area (Å²) in [5.74, 6) is 1.29. The van der Waals surface area contributed by atoms with Gasteiger partial charge in [0.05, 0.1) is 21.9 Å². The molecule has 5 rings (SSSR count). The number of thiophene rings is 1. The van der Waals surface area contributed by atoms with E-state index >= 15 is 0 Å². The molecule has 4 aromatic rings. The van der Waals surface area contributed by atoms with Gasteiger partial charge in [-0.05, 0) is 52.9 Å². The first-order valence-electron chi connectivity index (χ1n) is 9.18. The molecule has 1 saturated carbocycles. The van der Waals surface area contributed by atoms with Gasteiger partial charge in [-0.3, -0.25) is 4.57 Å². The van der Waals surface area contributed by atoms with Crippen molar-refractivity contribution in [3.63, 3.8) is 0 Å². The van der Waals surface area contributed by atoms with E-state index in [9.17, 15) is 13.2 Å². The molecule has 31 heavy (non-hydrogen) atoms. The van der Waals surface area contributed by atoms with Crippen LogP contribution in [0.2, 0.25) is 5.02 Å². The molecular weight excluding hydrogens is 471 g/mol. The van der Waals surface area contributed by atoms with Crippen molar-refractivity contribution in [2.24, 2.45) is 0 Å². The van der Waals surface area contributed by atoms with E-state index in [0.29, 0.717) is 11.2 Å². The van der Waals surface area contributed by atoms with E-state index in [1.54, 1.807) is 11.3 Å². The van der Waals surface area contributed by atoms with Gasteiger partial charge < -0.3 is 0 Å². The molecule has 0 N–H and O–H groups in total. The van der Waals surface area contributed by atoms with E-state index in [0.717, 1.165) is 34.3 Å². The standard InChI is InChI=1S/C18H13ClF3N7S2/c19-10-3-6-13(12(8-10)18(20,21)22)29-15(23-26-27-29)9-31-17-25-24-16(14-2-1-7-30-14)28(17)11-4-5-11/h1-3,6-8,11H,4-5,9H2. The SMILES string of the molecule is FC(F)(F)c1cc(Cl)ccc1-n1nnnc1CSc1nnc(-c2cccs2)n1C1CC1. The fourth-order valence-electron chi connectivity index (χ4n) is 3.14. The molecular formula is C18H13ClF3N7S2. The fourth-order valence-corrected chi connectivity index (χ4v) is 4.93. The summed E-state index contributed by atoms with van der Waals surface area (Å²) in [5, 5.41) is 22.6. The minimum absolute atomic E-state index is 0.0151. The maximum atomic E-state index is 13.5. The number of hydrogen-bond donors (Lipinski definition) is 0. The van der Waals surface area contributed by atoms with Gasteiger partial charge >= 0.3 is 6.18 Å². The Morgan fingerprint density at radius 1 is 1.16 bits per heavy atom. The number of benzene rings is 1.